The fourth-order valence-electron chi connectivity index (χ4n) is 1.59. The predicted octanol–water partition coefficient (Wildman–Crippen LogP) is 5.34. The van der Waals surface area contributed by atoms with Crippen molar-refractivity contribution in [2.24, 2.45) is 0 Å². The van der Waals surface area contributed by atoms with Gasteiger partial charge in [0.1, 0.15) is 0 Å². The van der Waals surface area contributed by atoms with E-state index in [1.165, 1.54) is 0 Å². The lowest BCUT2D eigenvalue weighted by Crippen LogP contribution is -1.93. The standard InChI is InChI=1S/C8H19O2P.C6H15P/c1-3-5-7-11(9,10)8-6-4-2;1-5(2)7-6(3)4/h3-8H2,1-2H3,(H,9,10);5-7H,1-4H3. The monoisotopic (exact) mass is 296 g/mol. The van der Waals surface area contributed by atoms with Gasteiger partial charge >= 0.3 is 0 Å². The molecule has 0 spiro atoms. The van der Waals surface area contributed by atoms with Gasteiger partial charge in [-0.15, -0.1) is 8.58 Å². The van der Waals surface area contributed by atoms with Gasteiger partial charge in [-0.25, -0.2) is 0 Å². The molecule has 0 heterocycles. The van der Waals surface area contributed by atoms with Gasteiger partial charge in [0.25, 0.3) is 0 Å². The molecule has 2 nitrogen and oxygen atoms in total. The van der Waals surface area contributed by atoms with Crippen LogP contribution in [0, 0.1) is 0 Å². The first kappa shape index (κ1) is 20.9. The molecular formula is C14H34O2P2. The largest absolute Gasteiger partial charge is 0.344 e. The summed E-state index contributed by atoms with van der Waals surface area (Å²) in [6, 6.07) is 0. The average molecular weight is 296 g/mol. The van der Waals surface area contributed by atoms with Crippen molar-refractivity contribution in [2.75, 3.05) is 12.3 Å². The summed E-state index contributed by atoms with van der Waals surface area (Å²) in [4.78, 5) is 9.33. The van der Waals surface area contributed by atoms with Crippen LogP contribution in [0.25, 0.3) is 0 Å². The van der Waals surface area contributed by atoms with E-state index >= 15 is 0 Å². The van der Waals surface area contributed by atoms with Gasteiger partial charge in [0.05, 0.1) is 0 Å². The molecule has 0 aromatic rings. The molecule has 4 heteroatoms. The van der Waals surface area contributed by atoms with Crippen LogP contribution in [-0.2, 0) is 4.57 Å². The van der Waals surface area contributed by atoms with Crippen LogP contribution in [0.15, 0.2) is 0 Å². The Labute approximate surface area is 117 Å². The Kier molecular flexibility index (Phi) is 14.7. The maximum absolute atomic E-state index is 11.3. The molecule has 0 rings (SSSR count). The summed E-state index contributed by atoms with van der Waals surface area (Å²) < 4.78 is 11.3. The van der Waals surface area contributed by atoms with Crippen molar-refractivity contribution in [2.45, 2.75) is 78.5 Å². The Morgan fingerprint density at radius 1 is 0.944 bits per heavy atom. The average Bonchev–Trinajstić information content (AvgIpc) is 2.23. The smallest absolute Gasteiger partial charge is 0.200 e. The van der Waals surface area contributed by atoms with Crippen LogP contribution in [0.2, 0.25) is 0 Å². The van der Waals surface area contributed by atoms with Crippen molar-refractivity contribution in [3.63, 3.8) is 0 Å². The summed E-state index contributed by atoms with van der Waals surface area (Å²) in [5, 5.41) is 0. The van der Waals surface area contributed by atoms with Gasteiger partial charge in [0.15, 0.2) is 0 Å². The normalized spacial score (nSPS) is 11.6. The van der Waals surface area contributed by atoms with Gasteiger partial charge in [-0.1, -0.05) is 54.4 Å². The first-order chi connectivity index (χ1) is 8.25. The molecule has 0 amide bonds. The number of rotatable bonds is 8. The Bertz CT molecular complexity index is 198. The van der Waals surface area contributed by atoms with E-state index in [0.717, 1.165) is 45.6 Å². The van der Waals surface area contributed by atoms with Gasteiger partial charge in [-0.3, -0.25) is 4.57 Å². The highest BCUT2D eigenvalue weighted by Gasteiger charge is 2.15. The molecule has 0 bridgehead atoms. The van der Waals surface area contributed by atoms with Gasteiger partial charge < -0.3 is 4.89 Å². The van der Waals surface area contributed by atoms with E-state index in [-0.39, 0.29) is 0 Å². The molecule has 0 aromatic carbocycles. The molecule has 0 unspecified atom stereocenters. The lowest BCUT2D eigenvalue weighted by atomic mass is 10.4. The van der Waals surface area contributed by atoms with E-state index in [2.05, 4.69) is 27.7 Å². The Hall–Kier alpha value is 0.620. The zero-order valence-corrected chi connectivity index (χ0v) is 15.1. The summed E-state index contributed by atoms with van der Waals surface area (Å²) in [5.74, 6) is 0. The van der Waals surface area contributed by atoms with Crippen LogP contribution in [0.4, 0.5) is 0 Å². The van der Waals surface area contributed by atoms with E-state index in [0.29, 0.717) is 12.3 Å². The summed E-state index contributed by atoms with van der Waals surface area (Å²) in [6.45, 7) is 13.2. The summed E-state index contributed by atoms with van der Waals surface area (Å²) >= 11 is 0. The maximum atomic E-state index is 11.3. The topological polar surface area (TPSA) is 37.3 Å². The predicted molar refractivity (Wildman–Crippen MR) is 88.0 cm³/mol. The molecular weight excluding hydrogens is 262 g/mol. The van der Waals surface area contributed by atoms with Crippen molar-refractivity contribution in [1.82, 2.24) is 0 Å². The Morgan fingerprint density at radius 3 is 1.44 bits per heavy atom. The van der Waals surface area contributed by atoms with Crippen molar-refractivity contribution in [3.05, 3.63) is 0 Å². The van der Waals surface area contributed by atoms with E-state index in [1.807, 2.05) is 13.8 Å². The molecule has 1 N–H and O–H groups in total. The second-order valence-corrected chi connectivity index (χ2v) is 10.7. The van der Waals surface area contributed by atoms with E-state index in [9.17, 15) is 9.46 Å². The van der Waals surface area contributed by atoms with Crippen molar-refractivity contribution in [3.8, 4) is 0 Å². The lowest BCUT2D eigenvalue weighted by Gasteiger charge is -2.09. The number of hydrogen-bond donors (Lipinski definition) is 1. The molecule has 0 aliphatic carbocycles. The maximum Gasteiger partial charge on any atom is 0.200 e. The van der Waals surface area contributed by atoms with E-state index in [1.54, 1.807) is 0 Å². The summed E-state index contributed by atoms with van der Waals surface area (Å²) in [6.07, 6.45) is 4.83. The number of hydrogen-bond acceptors (Lipinski definition) is 1. The molecule has 18 heavy (non-hydrogen) atoms. The van der Waals surface area contributed by atoms with Crippen molar-refractivity contribution >= 4 is 15.9 Å². The zero-order chi connectivity index (χ0) is 14.6. The van der Waals surface area contributed by atoms with E-state index < -0.39 is 7.37 Å². The number of unbranched alkanes of at least 4 members (excludes halogenated alkanes) is 2. The highest BCUT2D eigenvalue weighted by Crippen LogP contribution is 2.42. The lowest BCUT2D eigenvalue weighted by molar-refractivity contribution is 0.473. The van der Waals surface area contributed by atoms with Crippen LogP contribution in [0.1, 0.15) is 67.2 Å². The Morgan fingerprint density at radius 2 is 1.28 bits per heavy atom. The molecule has 0 aromatic heterocycles. The molecule has 0 atom stereocenters. The van der Waals surface area contributed by atoms with Gasteiger partial charge in [0, 0.05) is 12.3 Å². The van der Waals surface area contributed by atoms with Crippen LogP contribution >= 0.6 is 15.9 Å². The minimum Gasteiger partial charge on any atom is -0.344 e. The van der Waals surface area contributed by atoms with Crippen molar-refractivity contribution in [1.29, 1.82) is 0 Å². The fraction of sp³-hybridized carbons (Fsp3) is 1.00. The van der Waals surface area contributed by atoms with Crippen LogP contribution in [0.5, 0.6) is 0 Å². The fourth-order valence-corrected chi connectivity index (χ4v) is 4.77. The van der Waals surface area contributed by atoms with Crippen molar-refractivity contribution < 1.29 is 9.46 Å². The minimum absolute atomic E-state index is 0.517. The first-order valence-corrected chi connectivity index (χ1v) is 10.5. The summed E-state index contributed by atoms with van der Waals surface area (Å²) in [7, 11) is -1.58. The molecule has 0 aliphatic heterocycles. The molecule has 0 aliphatic rings. The summed E-state index contributed by atoms with van der Waals surface area (Å²) in [5.41, 5.74) is 1.81. The van der Waals surface area contributed by atoms with Gasteiger partial charge in [-0.2, -0.15) is 0 Å². The third-order valence-electron chi connectivity index (χ3n) is 2.39. The molecule has 112 valence electrons. The molecule has 0 fully saturated rings. The van der Waals surface area contributed by atoms with Gasteiger partial charge in [-0.05, 0) is 24.2 Å². The molecule has 0 saturated heterocycles. The first-order valence-electron chi connectivity index (χ1n) is 7.32. The van der Waals surface area contributed by atoms with Crippen LogP contribution in [0.3, 0.4) is 0 Å². The Balaban J connectivity index is 0. The molecule has 0 saturated carbocycles. The van der Waals surface area contributed by atoms with Gasteiger partial charge in [0.2, 0.25) is 7.37 Å². The third kappa shape index (κ3) is 19.0. The quantitative estimate of drug-likeness (QED) is 0.614. The van der Waals surface area contributed by atoms with E-state index in [4.69, 9.17) is 0 Å². The van der Waals surface area contributed by atoms with Crippen LogP contribution in [-0.4, -0.2) is 28.5 Å². The highest BCUT2D eigenvalue weighted by atomic mass is 31.2. The second kappa shape index (κ2) is 12.6. The minimum atomic E-state index is -2.73. The third-order valence-corrected chi connectivity index (χ3v) is 5.75. The molecule has 0 radical (unpaired) electrons. The highest BCUT2D eigenvalue weighted by molar-refractivity contribution is 7.57. The second-order valence-electron chi connectivity index (χ2n) is 5.48. The zero-order valence-electron chi connectivity index (χ0n) is 13.2. The van der Waals surface area contributed by atoms with Crippen LogP contribution < -0.4 is 0 Å². The SMILES string of the molecule is CC(C)PC(C)C.CCCCP(=O)(O)CCCC.